The first-order valence-electron chi connectivity index (χ1n) is 20.7. The van der Waals surface area contributed by atoms with Gasteiger partial charge in [-0.25, -0.2) is 13.3 Å². The van der Waals surface area contributed by atoms with Crippen LogP contribution in [0.25, 0.3) is 0 Å². The summed E-state index contributed by atoms with van der Waals surface area (Å²) in [6.07, 6.45) is 1.96. The first-order valence-corrected chi connectivity index (χ1v) is 22.3. The molecule has 3 amide bonds. The SMILES string of the molecule is CC1=NO[C@@]2(CC[C@H](C)N3C[C@H]2n2cc(C(=O)NCc4ccc(F)cc4F)c(=O)c(OCOC(=O)CC(C)(C)c4c(CC(=O)N5CCOCC5)cc(C)cc4OP(=O)(O)O)c2C3=O)C1. The Labute approximate surface area is 366 Å². The summed E-state index contributed by atoms with van der Waals surface area (Å²) in [5.41, 5.74) is -2.33. The standard InChI is InChI=1S/C43H50F2N5O13P/c1-24-14-28(16-34(51)48-10-12-59-13-11-48)36(32(15-24)62-64(56,57)58)42(4,5)19-35(52)60-23-61-39-37-41(55)49-22-33(43(9-8-26(49)3)18-25(2)47-63-43)50(37)21-30(38(39)53)40(54)46-20-27-6-7-29(44)17-31(27)45/h6-7,14-15,17,21,26,33H,8-13,16,18-20,22-23H2,1-5H3,(H,46,54)(H2,56,57,58)/t26-,33+,43-/m0/s1. The van der Waals surface area contributed by atoms with E-state index in [0.29, 0.717) is 68.5 Å². The van der Waals surface area contributed by atoms with Crippen LogP contribution in [0.4, 0.5) is 8.78 Å². The van der Waals surface area contributed by atoms with Gasteiger partial charge in [-0.15, -0.1) is 0 Å². The molecule has 2 bridgehead atoms. The number of benzene rings is 2. The van der Waals surface area contributed by atoms with Crippen molar-refractivity contribution in [1.82, 2.24) is 19.7 Å². The molecular formula is C43H50F2N5O13P. The summed E-state index contributed by atoms with van der Waals surface area (Å²) in [5, 5.41) is 6.70. The molecule has 0 saturated carbocycles. The Morgan fingerprint density at radius 3 is 2.48 bits per heavy atom. The van der Waals surface area contributed by atoms with Crippen LogP contribution < -0.4 is 20.0 Å². The van der Waals surface area contributed by atoms with Crippen molar-refractivity contribution in [3.05, 3.63) is 91.9 Å². The number of hydrogen-bond acceptors (Lipinski definition) is 12. The van der Waals surface area contributed by atoms with Gasteiger partial charge in [0.1, 0.15) is 22.9 Å². The third-order valence-corrected chi connectivity index (χ3v) is 12.5. The van der Waals surface area contributed by atoms with E-state index < -0.39 is 90.8 Å². The van der Waals surface area contributed by atoms with Crippen molar-refractivity contribution in [1.29, 1.82) is 0 Å². The van der Waals surface area contributed by atoms with E-state index in [1.165, 1.54) is 16.8 Å². The van der Waals surface area contributed by atoms with Gasteiger partial charge >= 0.3 is 13.8 Å². The number of phosphoric acid groups is 1. The van der Waals surface area contributed by atoms with Gasteiger partial charge in [0.15, 0.2) is 11.3 Å². The molecule has 0 unspecified atom stereocenters. The second-order valence-electron chi connectivity index (χ2n) is 17.3. The molecule has 0 radical (unpaired) electrons. The highest BCUT2D eigenvalue weighted by atomic mass is 31.2. The van der Waals surface area contributed by atoms with Crippen LogP contribution >= 0.6 is 7.82 Å². The van der Waals surface area contributed by atoms with E-state index in [4.69, 9.17) is 23.6 Å². The summed E-state index contributed by atoms with van der Waals surface area (Å²) in [4.78, 5) is 98.5. The second kappa shape index (κ2) is 18.1. The molecule has 2 fully saturated rings. The van der Waals surface area contributed by atoms with Crippen molar-refractivity contribution in [2.75, 3.05) is 39.6 Å². The number of halogens is 2. The quantitative estimate of drug-likeness (QED) is 0.124. The monoisotopic (exact) mass is 913 g/mol. The number of oxime groups is 1. The number of pyridine rings is 1. The second-order valence-corrected chi connectivity index (χ2v) is 18.4. The highest BCUT2D eigenvalue weighted by Gasteiger charge is 2.54. The zero-order chi connectivity index (χ0) is 46.3. The maximum absolute atomic E-state index is 14.5. The van der Waals surface area contributed by atoms with Gasteiger partial charge in [-0.2, -0.15) is 0 Å². The molecule has 64 heavy (non-hydrogen) atoms. The lowest BCUT2D eigenvalue weighted by molar-refractivity contribution is -0.151. The molecule has 5 heterocycles. The number of rotatable bonds is 13. The van der Waals surface area contributed by atoms with Gasteiger partial charge < -0.3 is 43.3 Å². The van der Waals surface area contributed by atoms with Gasteiger partial charge in [-0.05, 0) is 56.9 Å². The molecule has 18 nitrogen and oxygen atoms in total. The Morgan fingerprint density at radius 1 is 1.08 bits per heavy atom. The largest absolute Gasteiger partial charge is 0.524 e. The van der Waals surface area contributed by atoms with Crippen molar-refractivity contribution in [3.63, 3.8) is 0 Å². The van der Waals surface area contributed by atoms with Gasteiger partial charge in [-0.1, -0.05) is 31.1 Å². The van der Waals surface area contributed by atoms with E-state index in [2.05, 4.69) is 10.5 Å². The fourth-order valence-electron chi connectivity index (χ4n) is 9.02. The number of nitrogens with one attached hydrogen (secondary N) is 1. The molecule has 0 aliphatic carbocycles. The molecule has 4 aliphatic rings. The summed E-state index contributed by atoms with van der Waals surface area (Å²) in [5.74, 6) is -5.32. The van der Waals surface area contributed by atoms with Gasteiger partial charge in [0.2, 0.25) is 23.9 Å². The van der Waals surface area contributed by atoms with Gasteiger partial charge in [0, 0.05) is 67.4 Å². The van der Waals surface area contributed by atoms with Gasteiger partial charge in [0.25, 0.3) is 11.8 Å². The number of amides is 3. The summed E-state index contributed by atoms with van der Waals surface area (Å²) >= 11 is 0. The van der Waals surface area contributed by atoms with Crippen molar-refractivity contribution in [3.8, 4) is 11.5 Å². The molecule has 7 rings (SSSR count). The summed E-state index contributed by atoms with van der Waals surface area (Å²) < 4.78 is 63.6. The summed E-state index contributed by atoms with van der Waals surface area (Å²) in [7, 11) is -5.14. The first kappa shape index (κ1) is 46.3. The number of esters is 1. The number of hydrogen-bond donors (Lipinski definition) is 3. The highest BCUT2D eigenvalue weighted by Crippen LogP contribution is 2.47. The fourth-order valence-corrected chi connectivity index (χ4v) is 9.42. The maximum atomic E-state index is 14.5. The van der Waals surface area contributed by atoms with Crippen LogP contribution in [-0.2, 0) is 46.8 Å². The molecule has 3 aromatic rings. The minimum Gasteiger partial charge on any atom is -0.451 e. The van der Waals surface area contributed by atoms with Crippen molar-refractivity contribution in [2.45, 2.75) is 96.4 Å². The third kappa shape index (κ3) is 9.69. The maximum Gasteiger partial charge on any atom is 0.524 e. The van der Waals surface area contributed by atoms with E-state index in [1.807, 2.05) is 6.92 Å². The Hall–Kier alpha value is -5.69. The normalized spacial score (nSPS) is 20.8. The average Bonchev–Trinajstić information content (AvgIpc) is 3.54. The lowest BCUT2D eigenvalue weighted by atomic mass is 9.77. The molecule has 2 aromatic carbocycles. The van der Waals surface area contributed by atoms with Crippen LogP contribution in [-0.4, -0.2) is 105 Å². The Bertz CT molecular complexity index is 2520. The third-order valence-electron chi connectivity index (χ3n) is 12.1. The Kier molecular flexibility index (Phi) is 13.1. The number of fused-ring (bicyclic) bond motifs is 5. The zero-order valence-electron chi connectivity index (χ0n) is 36.0. The summed E-state index contributed by atoms with van der Waals surface area (Å²) in [6.45, 7) is 8.70. The molecule has 344 valence electrons. The zero-order valence-corrected chi connectivity index (χ0v) is 36.9. The van der Waals surface area contributed by atoms with Crippen LogP contribution in [0.1, 0.15) is 103 Å². The van der Waals surface area contributed by atoms with E-state index >= 15 is 0 Å². The van der Waals surface area contributed by atoms with E-state index in [9.17, 15) is 47.1 Å². The number of phosphoric ester groups is 1. The van der Waals surface area contributed by atoms with Crippen LogP contribution in [0.2, 0.25) is 0 Å². The van der Waals surface area contributed by atoms with Gasteiger partial charge in [0.05, 0.1) is 37.8 Å². The van der Waals surface area contributed by atoms with E-state index in [-0.39, 0.29) is 47.5 Å². The van der Waals surface area contributed by atoms with Crippen molar-refractivity contribution < 1.29 is 65.9 Å². The number of carbonyl (C=O) groups excluding carboxylic acids is 4. The average molecular weight is 914 g/mol. The van der Waals surface area contributed by atoms with E-state index in [1.54, 1.807) is 43.6 Å². The molecule has 2 saturated heterocycles. The molecular weight excluding hydrogens is 863 g/mol. The number of aromatic nitrogens is 1. The van der Waals surface area contributed by atoms with Crippen molar-refractivity contribution in [2.24, 2.45) is 5.16 Å². The Morgan fingerprint density at radius 2 is 1.81 bits per heavy atom. The Balaban J connectivity index is 1.19. The molecule has 4 aliphatic heterocycles. The minimum absolute atomic E-state index is 0.0597. The smallest absolute Gasteiger partial charge is 0.451 e. The van der Waals surface area contributed by atoms with Gasteiger partial charge in [-0.3, -0.25) is 33.8 Å². The first-order chi connectivity index (χ1) is 30.2. The lowest BCUT2D eigenvalue weighted by Gasteiger charge is -2.42. The highest BCUT2D eigenvalue weighted by molar-refractivity contribution is 7.46. The summed E-state index contributed by atoms with van der Waals surface area (Å²) in [6, 6.07) is 4.90. The van der Waals surface area contributed by atoms with Crippen LogP contribution in [0.3, 0.4) is 0 Å². The number of carbonyl (C=O) groups is 4. The topological polar surface area (TPSA) is 225 Å². The lowest BCUT2D eigenvalue weighted by Crippen LogP contribution is -2.52. The minimum atomic E-state index is -5.14. The number of morpholine rings is 1. The molecule has 21 heteroatoms. The molecule has 1 spiro atoms. The number of nitrogens with zero attached hydrogens (tertiary/aromatic N) is 4. The van der Waals surface area contributed by atoms with Crippen molar-refractivity contribution >= 4 is 37.2 Å². The van der Waals surface area contributed by atoms with E-state index in [0.717, 1.165) is 12.1 Å². The fraction of sp³-hybridized carbons (Fsp3) is 0.488. The molecule has 3 N–H and O–H groups in total. The number of aryl methyl sites for hydroxylation is 1. The molecule has 3 atom stereocenters. The predicted molar refractivity (Wildman–Crippen MR) is 223 cm³/mol. The van der Waals surface area contributed by atoms with Crippen LogP contribution in [0, 0.1) is 18.6 Å². The predicted octanol–water partition coefficient (Wildman–Crippen LogP) is 4.20. The molecule has 1 aromatic heterocycles. The van der Waals surface area contributed by atoms with Crippen LogP contribution in [0.15, 0.2) is 46.5 Å². The number of ether oxygens (including phenoxy) is 3. The van der Waals surface area contributed by atoms with Crippen LogP contribution in [0.5, 0.6) is 11.5 Å².